The average molecular weight is 388 g/mol. The maximum atomic E-state index is 13.3. The van der Waals surface area contributed by atoms with Crippen molar-refractivity contribution >= 4 is 22.9 Å². The molecule has 0 atom stereocenters. The highest BCUT2D eigenvalue weighted by molar-refractivity contribution is 7.09. The minimum Gasteiger partial charge on any atom is -0.326 e. The van der Waals surface area contributed by atoms with Crippen LogP contribution in [-0.4, -0.2) is 31.5 Å². The predicted octanol–water partition coefficient (Wildman–Crippen LogP) is 2.26. The third kappa shape index (κ3) is 1.10. The molecule has 0 spiro atoms. The zero-order valence-corrected chi connectivity index (χ0v) is 15.8. The maximum Gasteiger partial charge on any atom is 0.231 e. The van der Waals surface area contributed by atoms with E-state index >= 15 is 0 Å². The summed E-state index contributed by atoms with van der Waals surface area (Å²) in [5.74, 6) is 4.57. The monoisotopic (exact) mass is 388 g/mol. The Morgan fingerprint density at radius 3 is 2.61 bits per heavy atom. The number of rotatable bonds is 4. The summed E-state index contributed by atoms with van der Waals surface area (Å²) < 4.78 is 0. The fourth-order valence-electron chi connectivity index (χ4n) is 8.27. The molecule has 8 heteroatoms. The lowest BCUT2D eigenvalue weighted by atomic mass is 8.92. The van der Waals surface area contributed by atoms with E-state index in [9.17, 15) is 4.79 Å². The number of H-pyrrole nitrogens is 1. The largest absolute Gasteiger partial charge is 0.326 e. The molecule has 0 unspecified atom stereocenters. The van der Waals surface area contributed by atoms with Crippen molar-refractivity contribution in [1.82, 2.24) is 25.6 Å². The number of benzene rings is 1. The average Bonchev–Trinajstić information content (AvgIpc) is 3.40. The molecular weight excluding hydrogens is 372 g/mol. The first-order valence-electron chi connectivity index (χ1n) is 9.78. The van der Waals surface area contributed by atoms with Gasteiger partial charge in [-0.2, -0.15) is 5.21 Å². The molecule has 1 aromatic carbocycles. The molecule has 0 aliphatic heterocycles. The zero-order valence-electron chi connectivity index (χ0n) is 15.0. The van der Waals surface area contributed by atoms with E-state index in [1.165, 1.54) is 0 Å². The summed E-state index contributed by atoms with van der Waals surface area (Å²) in [6.07, 6.45) is 0. The van der Waals surface area contributed by atoms with E-state index in [2.05, 4.69) is 36.3 Å². The number of amides is 1. The number of thiazole rings is 1. The van der Waals surface area contributed by atoms with Gasteiger partial charge >= 0.3 is 0 Å². The van der Waals surface area contributed by atoms with Gasteiger partial charge in [-0.15, -0.1) is 21.5 Å². The molecule has 2 heterocycles. The van der Waals surface area contributed by atoms with Gasteiger partial charge in [0.05, 0.1) is 16.1 Å². The molecule has 0 bridgehead atoms. The number of nitrogens with one attached hydrogen (secondary N) is 2. The van der Waals surface area contributed by atoms with Gasteiger partial charge in [-0.05, 0) is 54.6 Å². The van der Waals surface area contributed by atoms with Crippen LogP contribution in [0.5, 0.6) is 0 Å². The Bertz CT molecular complexity index is 1150. The topological polar surface area (TPSA) is 96.5 Å². The molecule has 0 saturated heterocycles. The van der Waals surface area contributed by atoms with E-state index in [-0.39, 0.29) is 16.7 Å². The Balaban J connectivity index is 1.06. The number of nitrogens with zero attached hydrogens (tertiary/aromatic N) is 4. The van der Waals surface area contributed by atoms with E-state index in [1.807, 2.05) is 31.2 Å². The second kappa shape index (κ2) is 4.05. The standard InChI is InChI=1S/C20H16N6OS/c1-7-21-10(6-28-7)8-3-2-4-9(5-8)22-18(27)20-14-11-15(20)13-16(20)12(14)19(11,13)17-23-25-26-24-17/h2-6,11-16H,1H3,(H,22,27)(H,23,24,25,26). The van der Waals surface area contributed by atoms with E-state index in [0.29, 0.717) is 35.5 Å². The molecule has 3 aromatic rings. The minimum absolute atomic E-state index is 0.0985. The van der Waals surface area contributed by atoms with Gasteiger partial charge in [-0.3, -0.25) is 4.79 Å². The number of hydrogen-bond donors (Lipinski definition) is 2. The van der Waals surface area contributed by atoms with Crippen LogP contribution in [0, 0.1) is 47.8 Å². The normalized spacial score (nSPS) is 44.3. The first-order valence-corrected chi connectivity index (χ1v) is 10.7. The second-order valence-electron chi connectivity index (χ2n) is 9.04. The third-order valence-electron chi connectivity index (χ3n) is 8.79. The first kappa shape index (κ1) is 14.4. The molecule has 7 nitrogen and oxygen atoms in total. The lowest BCUT2D eigenvalue weighted by Gasteiger charge is -3.09. The molecule has 6 aliphatic carbocycles. The highest BCUT2D eigenvalue weighted by Crippen LogP contribution is 3.09. The molecule has 1 amide bonds. The number of aromatic nitrogens is 5. The molecule has 6 fully saturated rings. The van der Waals surface area contributed by atoms with E-state index in [0.717, 1.165) is 27.8 Å². The fraction of sp³-hybridized carbons (Fsp3) is 0.450. The van der Waals surface area contributed by atoms with Crippen molar-refractivity contribution in [1.29, 1.82) is 0 Å². The van der Waals surface area contributed by atoms with E-state index in [4.69, 9.17) is 0 Å². The van der Waals surface area contributed by atoms with Crippen molar-refractivity contribution < 1.29 is 4.79 Å². The van der Waals surface area contributed by atoms with Crippen molar-refractivity contribution in [3.63, 3.8) is 0 Å². The second-order valence-corrected chi connectivity index (χ2v) is 10.1. The number of aryl methyl sites for hydroxylation is 1. The van der Waals surface area contributed by atoms with Crippen molar-refractivity contribution in [2.24, 2.45) is 40.9 Å². The van der Waals surface area contributed by atoms with Crippen molar-refractivity contribution in [2.75, 3.05) is 5.32 Å². The summed E-state index contributed by atoms with van der Waals surface area (Å²) in [6, 6.07) is 8.05. The Morgan fingerprint density at radius 1 is 1.18 bits per heavy atom. The number of anilines is 1. The fourth-order valence-corrected chi connectivity index (χ4v) is 8.89. The molecule has 0 radical (unpaired) electrons. The van der Waals surface area contributed by atoms with Crippen molar-refractivity contribution in [3.05, 3.63) is 40.5 Å². The molecule has 2 N–H and O–H groups in total. The summed E-state index contributed by atoms with van der Waals surface area (Å²) in [4.78, 5) is 17.8. The van der Waals surface area contributed by atoms with Crippen LogP contribution in [0.15, 0.2) is 29.6 Å². The first-order chi connectivity index (χ1) is 13.7. The van der Waals surface area contributed by atoms with Gasteiger partial charge in [0.25, 0.3) is 0 Å². The van der Waals surface area contributed by atoms with Crippen LogP contribution in [0.1, 0.15) is 10.8 Å². The Morgan fingerprint density at radius 2 is 1.96 bits per heavy atom. The number of carbonyl (C=O) groups is 1. The SMILES string of the molecule is Cc1nc(-c2cccc(NC(=O)C34C5C6C3C3C4C5C63c3nn[nH]n3)c2)cs1. The zero-order chi connectivity index (χ0) is 18.4. The highest BCUT2D eigenvalue weighted by atomic mass is 32.1. The van der Waals surface area contributed by atoms with Gasteiger partial charge in [0.15, 0.2) is 5.82 Å². The summed E-state index contributed by atoms with van der Waals surface area (Å²) >= 11 is 1.64. The van der Waals surface area contributed by atoms with E-state index in [1.54, 1.807) is 11.3 Å². The van der Waals surface area contributed by atoms with Crippen LogP contribution in [0.2, 0.25) is 0 Å². The van der Waals surface area contributed by atoms with Gasteiger partial charge in [0, 0.05) is 22.0 Å². The quantitative estimate of drug-likeness (QED) is 0.715. The van der Waals surface area contributed by atoms with E-state index < -0.39 is 0 Å². The van der Waals surface area contributed by atoms with Crippen LogP contribution in [0.3, 0.4) is 0 Å². The smallest absolute Gasteiger partial charge is 0.231 e. The number of tetrazole rings is 1. The number of carbonyl (C=O) groups excluding carboxylic acids is 1. The van der Waals surface area contributed by atoms with Gasteiger partial charge < -0.3 is 5.32 Å². The summed E-state index contributed by atoms with van der Waals surface area (Å²) in [5.41, 5.74) is 2.97. The molecule has 138 valence electrons. The molecule has 28 heavy (non-hydrogen) atoms. The summed E-state index contributed by atoms with van der Waals surface area (Å²) in [6.45, 7) is 2.01. The molecule has 2 aromatic heterocycles. The van der Waals surface area contributed by atoms with Crippen molar-refractivity contribution in [2.45, 2.75) is 12.3 Å². The van der Waals surface area contributed by atoms with Crippen LogP contribution in [-0.2, 0) is 10.2 Å². The lowest BCUT2D eigenvalue weighted by molar-refractivity contribution is -0.611. The highest BCUT2D eigenvalue weighted by Gasteiger charge is 3.12. The van der Waals surface area contributed by atoms with Crippen LogP contribution >= 0.6 is 11.3 Å². The van der Waals surface area contributed by atoms with Gasteiger partial charge in [0.1, 0.15) is 0 Å². The van der Waals surface area contributed by atoms with Crippen molar-refractivity contribution in [3.8, 4) is 11.3 Å². The Hall–Kier alpha value is -2.61. The van der Waals surface area contributed by atoms with Crippen LogP contribution < -0.4 is 5.32 Å². The lowest BCUT2D eigenvalue weighted by Crippen LogP contribution is -3.12. The van der Waals surface area contributed by atoms with Gasteiger partial charge in [0.2, 0.25) is 5.91 Å². The van der Waals surface area contributed by atoms with Gasteiger partial charge in [-0.1, -0.05) is 17.3 Å². The predicted molar refractivity (Wildman–Crippen MR) is 100 cm³/mol. The molecule has 6 saturated carbocycles. The number of hydrogen-bond acceptors (Lipinski definition) is 6. The maximum absolute atomic E-state index is 13.3. The summed E-state index contributed by atoms with van der Waals surface area (Å²) in [5, 5.41) is 21.3. The Labute approximate surface area is 164 Å². The molecular formula is C20H16N6OS. The van der Waals surface area contributed by atoms with Crippen LogP contribution in [0.4, 0.5) is 5.69 Å². The molecule has 6 aliphatic rings. The molecule has 9 rings (SSSR count). The number of aromatic amines is 1. The Kier molecular flexibility index (Phi) is 2.08. The van der Waals surface area contributed by atoms with Gasteiger partial charge in [-0.25, -0.2) is 4.98 Å². The minimum atomic E-state index is -0.0985. The summed E-state index contributed by atoms with van der Waals surface area (Å²) in [7, 11) is 0. The van der Waals surface area contributed by atoms with Crippen LogP contribution in [0.25, 0.3) is 11.3 Å². The third-order valence-corrected chi connectivity index (χ3v) is 9.57.